The fraction of sp³-hybridized carbons (Fsp3) is 0.391. The summed E-state index contributed by atoms with van der Waals surface area (Å²) in [5, 5.41) is 1.40. The van der Waals surface area contributed by atoms with Crippen molar-refractivity contribution < 1.29 is 0 Å². The first kappa shape index (κ1) is 18.1. The third-order valence-corrected chi connectivity index (χ3v) is 5.54. The second-order valence-corrected chi connectivity index (χ2v) is 9.14. The molecule has 1 nitrogen and oxygen atoms in total. The van der Waals surface area contributed by atoms with Gasteiger partial charge in [0.1, 0.15) is 0 Å². The minimum absolute atomic E-state index is 0.270. The maximum absolute atomic E-state index is 2.53. The maximum atomic E-state index is 2.53. The van der Waals surface area contributed by atoms with Crippen molar-refractivity contribution in [1.29, 1.82) is 0 Å². The summed E-state index contributed by atoms with van der Waals surface area (Å²) in [6.45, 7) is 12.4. The Labute approximate surface area is 156 Å². The summed E-state index contributed by atoms with van der Waals surface area (Å²) in [6.07, 6.45) is 3.24. The normalized spacial score (nSPS) is 12.1. The molecule has 0 N–H and O–H groups in total. The molecule has 0 amide bonds. The predicted octanol–water partition coefficient (Wildman–Crippen LogP) is 6.62. The molecule has 0 aliphatic heterocycles. The monoisotopic (exact) mass is 351 g/mol. The highest BCUT2D eigenvalue weighted by molar-refractivity contribution is 7.98. The van der Waals surface area contributed by atoms with Crippen molar-refractivity contribution in [3.8, 4) is 0 Å². The van der Waals surface area contributed by atoms with Gasteiger partial charge in [-0.15, -0.1) is 11.8 Å². The summed E-state index contributed by atoms with van der Waals surface area (Å²) < 4.78 is 2.53. The second kappa shape index (κ2) is 6.92. The SMILES string of the molecule is CSc1ccc2c(c1)c(C)c(CC(C)(C)C)n2Cc1ccc(C)cc1. The molecular weight excluding hydrogens is 322 g/mol. The van der Waals surface area contributed by atoms with E-state index in [4.69, 9.17) is 0 Å². The van der Waals surface area contributed by atoms with Crippen molar-refractivity contribution >= 4 is 22.7 Å². The molecule has 0 unspecified atom stereocenters. The van der Waals surface area contributed by atoms with Crippen LogP contribution in [-0.4, -0.2) is 10.8 Å². The van der Waals surface area contributed by atoms with Crippen LogP contribution in [0.4, 0.5) is 0 Å². The van der Waals surface area contributed by atoms with Crippen LogP contribution in [0.1, 0.15) is 43.2 Å². The molecule has 0 radical (unpaired) electrons. The highest BCUT2D eigenvalue weighted by Crippen LogP contribution is 2.33. The van der Waals surface area contributed by atoms with Crippen molar-refractivity contribution in [3.63, 3.8) is 0 Å². The number of nitrogens with zero attached hydrogens (tertiary/aromatic N) is 1. The first-order chi connectivity index (χ1) is 11.8. The number of thioether (sulfide) groups is 1. The molecule has 1 heterocycles. The lowest BCUT2D eigenvalue weighted by molar-refractivity contribution is 0.399. The van der Waals surface area contributed by atoms with E-state index in [0.717, 1.165) is 13.0 Å². The lowest BCUT2D eigenvalue weighted by Crippen LogP contribution is -2.15. The molecule has 0 saturated carbocycles. The van der Waals surface area contributed by atoms with Crippen LogP contribution in [0.25, 0.3) is 10.9 Å². The molecule has 132 valence electrons. The van der Waals surface area contributed by atoms with Crippen molar-refractivity contribution in [2.45, 2.75) is 52.5 Å². The van der Waals surface area contributed by atoms with Gasteiger partial charge in [-0.25, -0.2) is 0 Å². The molecule has 0 bridgehead atoms. The zero-order valence-electron chi connectivity index (χ0n) is 16.3. The molecule has 0 atom stereocenters. The summed E-state index contributed by atoms with van der Waals surface area (Å²) in [4.78, 5) is 1.34. The summed E-state index contributed by atoms with van der Waals surface area (Å²) in [5.41, 5.74) is 7.22. The average Bonchev–Trinajstić information content (AvgIpc) is 2.80. The van der Waals surface area contributed by atoms with Crippen molar-refractivity contribution in [3.05, 3.63) is 64.8 Å². The Morgan fingerprint density at radius 1 is 0.960 bits per heavy atom. The molecule has 0 aliphatic rings. The standard InChI is InChI=1S/C23H29NS/c1-16-7-9-18(10-8-16)15-24-21-12-11-19(25-6)13-20(21)17(2)22(24)14-23(3,4)5/h7-13H,14-15H2,1-6H3. The first-order valence-corrected chi connectivity index (χ1v) is 10.2. The van der Waals surface area contributed by atoms with Crippen molar-refractivity contribution in [2.24, 2.45) is 5.41 Å². The zero-order chi connectivity index (χ0) is 18.2. The number of benzene rings is 2. The minimum atomic E-state index is 0.270. The lowest BCUT2D eigenvalue weighted by Gasteiger charge is -2.21. The van der Waals surface area contributed by atoms with E-state index in [-0.39, 0.29) is 5.41 Å². The highest BCUT2D eigenvalue weighted by atomic mass is 32.2. The van der Waals surface area contributed by atoms with Crippen LogP contribution in [0.2, 0.25) is 0 Å². The number of aryl methyl sites for hydroxylation is 2. The fourth-order valence-electron chi connectivity index (χ4n) is 3.47. The smallest absolute Gasteiger partial charge is 0.0489 e. The number of hydrogen-bond donors (Lipinski definition) is 0. The van der Waals surface area contributed by atoms with Gasteiger partial charge >= 0.3 is 0 Å². The van der Waals surface area contributed by atoms with Gasteiger partial charge in [0.15, 0.2) is 0 Å². The minimum Gasteiger partial charge on any atom is -0.340 e. The highest BCUT2D eigenvalue weighted by Gasteiger charge is 2.20. The summed E-state index contributed by atoms with van der Waals surface area (Å²) in [6, 6.07) is 15.8. The van der Waals surface area contributed by atoms with E-state index in [2.05, 4.69) is 87.9 Å². The number of rotatable bonds is 4. The van der Waals surface area contributed by atoms with Crippen LogP contribution in [0.5, 0.6) is 0 Å². The van der Waals surface area contributed by atoms with E-state index >= 15 is 0 Å². The van der Waals surface area contributed by atoms with Crippen LogP contribution in [0.3, 0.4) is 0 Å². The Hall–Kier alpha value is -1.67. The molecule has 2 aromatic carbocycles. The Morgan fingerprint density at radius 3 is 2.24 bits per heavy atom. The van der Waals surface area contributed by atoms with Gasteiger partial charge in [-0.05, 0) is 61.3 Å². The van der Waals surface area contributed by atoms with Crippen molar-refractivity contribution in [2.75, 3.05) is 6.26 Å². The van der Waals surface area contributed by atoms with E-state index in [0.29, 0.717) is 0 Å². The molecule has 0 aliphatic carbocycles. The van der Waals surface area contributed by atoms with Gasteiger partial charge in [0, 0.05) is 28.0 Å². The van der Waals surface area contributed by atoms with Gasteiger partial charge in [-0.1, -0.05) is 50.6 Å². The Balaban J connectivity index is 2.15. The van der Waals surface area contributed by atoms with Crippen LogP contribution in [0, 0.1) is 19.3 Å². The lowest BCUT2D eigenvalue weighted by atomic mass is 9.89. The van der Waals surface area contributed by atoms with E-state index in [1.807, 2.05) is 11.8 Å². The molecule has 0 spiro atoms. The van der Waals surface area contributed by atoms with E-state index in [1.165, 1.54) is 38.2 Å². The van der Waals surface area contributed by atoms with E-state index < -0.39 is 0 Å². The Kier molecular flexibility index (Phi) is 5.02. The molecule has 3 rings (SSSR count). The van der Waals surface area contributed by atoms with Gasteiger partial charge in [0.2, 0.25) is 0 Å². The largest absolute Gasteiger partial charge is 0.340 e. The topological polar surface area (TPSA) is 4.93 Å². The third kappa shape index (κ3) is 3.95. The second-order valence-electron chi connectivity index (χ2n) is 8.26. The quantitative estimate of drug-likeness (QED) is 0.478. The molecule has 25 heavy (non-hydrogen) atoms. The third-order valence-electron chi connectivity index (χ3n) is 4.82. The van der Waals surface area contributed by atoms with E-state index in [9.17, 15) is 0 Å². The van der Waals surface area contributed by atoms with Crippen LogP contribution in [0.15, 0.2) is 47.4 Å². The molecule has 0 fully saturated rings. The maximum Gasteiger partial charge on any atom is 0.0489 e. The Bertz CT molecular complexity index is 879. The predicted molar refractivity (Wildman–Crippen MR) is 112 cm³/mol. The average molecular weight is 352 g/mol. The van der Waals surface area contributed by atoms with Crippen LogP contribution < -0.4 is 0 Å². The number of aromatic nitrogens is 1. The van der Waals surface area contributed by atoms with Gasteiger partial charge < -0.3 is 4.57 Å². The first-order valence-electron chi connectivity index (χ1n) is 9.00. The van der Waals surface area contributed by atoms with Crippen LogP contribution in [-0.2, 0) is 13.0 Å². The summed E-state index contributed by atoms with van der Waals surface area (Å²) >= 11 is 1.82. The van der Waals surface area contributed by atoms with Crippen molar-refractivity contribution in [1.82, 2.24) is 4.57 Å². The molecule has 3 aromatic rings. The van der Waals surface area contributed by atoms with Gasteiger partial charge in [0.05, 0.1) is 0 Å². The fourth-order valence-corrected chi connectivity index (χ4v) is 3.91. The molecular formula is C23H29NS. The number of fused-ring (bicyclic) bond motifs is 1. The zero-order valence-corrected chi connectivity index (χ0v) is 17.1. The summed E-state index contributed by atoms with van der Waals surface area (Å²) in [7, 11) is 0. The van der Waals surface area contributed by atoms with Gasteiger partial charge in [-0.2, -0.15) is 0 Å². The Morgan fingerprint density at radius 2 is 1.64 bits per heavy atom. The van der Waals surface area contributed by atoms with E-state index in [1.54, 1.807) is 0 Å². The summed E-state index contributed by atoms with van der Waals surface area (Å²) in [5.74, 6) is 0. The van der Waals surface area contributed by atoms with Gasteiger partial charge in [0.25, 0.3) is 0 Å². The van der Waals surface area contributed by atoms with Crippen LogP contribution >= 0.6 is 11.8 Å². The number of hydrogen-bond acceptors (Lipinski definition) is 1. The molecule has 1 aromatic heterocycles. The molecule has 2 heteroatoms. The van der Waals surface area contributed by atoms with Gasteiger partial charge in [-0.3, -0.25) is 0 Å². The molecule has 0 saturated heterocycles.